The minimum absolute atomic E-state index is 0.342. The van der Waals surface area contributed by atoms with Crippen LogP contribution in [0.5, 0.6) is 0 Å². The van der Waals surface area contributed by atoms with E-state index in [9.17, 15) is 9.59 Å². The summed E-state index contributed by atoms with van der Waals surface area (Å²) in [7, 11) is 0. The number of amides is 1. The van der Waals surface area contributed by atoms with Gasteiger partial charge in [0.25, 0.3) is 0 Å². The average Bonchev–Trinajstić information content (AvgIpc) is 2.48. The molecule has 0 spiro atoms. The van der Waals surface area contributed by atoms with Gasteiger partial charge < -0.3 is 14.6 Å². The quantitative estimate of drug-likeness (QED) is 0.623. The third kappa shape index (κ3) is 1.94. The SMILES string of the molecule is O=CCCC1OCCN1C(=O)O. The molecule has 1 saturated heterocycles. The molecule has 12 heavy (non-hydrogen) atoms. The van der Waals surface area contributed by atoms with Crippen molar-refractivity contribution in [2.24, 2.45) is 0 Å². The lowest BCUT2D eigenvalue weighted by molar-refractivity contribution is -0.108. The van der Waals surface area contributed by atoms with E-state index >= 15 is 0 Å². The largest absolute Gasteiger partial charge is 0.465 e. The van der Waals surface area contributed by atoms with Gasteiger partial charge in [0.15, 0.2) is 0 Å². The molecule has 0 aromatic carbocycles. The van der Waals surface area contributed by atoms with Crippen LogP contribution in [0.2, 0.25) is 0 Å². The fourth-order valence-corrected chi connectivity index (χ4v) is 1.19. The van der Waals surface area contributed by atoms with Gasteiger partial charge in [-0.05, 0) is 6.42 Å². The van der Waals surface area contributed by atoms with E-state index in [0.717, 1.165) is 6.29 Å². The third-order valence-corrected chi connectivity index (χ3v) is 1.77. The summed E-state index contributed by atoms with van der Waals surface area (Å²) in [5, 5.41) is 8.64. The maximum atomic E-state index is 10.5. The normalized spacial score (nSPS) is 22.7. The number of carboxylic acid groups (broad SMARTS) is 1. The van der Waals surface area contributed by atoms with Crippen molar-refractivity contribution in [1.82, 2.24) is 4.90 Å². The van der Waals surface area contributed by atoms with Crippen molar-refractivity contribution in [2.45, 2.75) is 19.1 Å². The third-order valence-electron chi connectivity index (χ3n) is 1.77. The molecular formula is C7H11NO4. The minimum atomic E-state index is -0.983. The summed E-state index contributed by atoms with van der Waals surface area (Å²) in [5.74, 6) is 0. The van der Waals surface area contributed by atoms with Crippen molar-refractivity contribution in [3.63, 3.8) is 0 Å². The topological polar surface area (TPSA) is 66.8 Å². The van der Waals surface area contributed by atoms with E-state index in [4.69, 9.17) is 9.84 Å². The molecule has 0 saturated carbocycles. The minimum Gasteiger partial charge on any atom is -0.465 e. The zero-order chi connectivity index (χ0) is 8.97. The number of hydrogen-bond donors (Lipinski definition) is 1. The molecule has 0 aromatic heterocycles. The molecule has 1 heterocycles. The van der Waals surface area contributed by atoms with Crippen molar-refractivity contribution in [3.8, 4) is 0 Å². The molecule has 1 aliphatic rings. The van der Waals surface area contributed by atoms with Gasteiger partial charge in [0, 0.05) is 6.42 Å². The van der Waals surface area contributed by atoms with Crippen LogP contribution in [0.1, 0.15) is 12.8 Å². The van der Waals surface area contributed by atoms with Crippen LogP contribution < -0.4 is 0 Å². The summed E-state index contributed by atoms with van der Waals surface area (Å²) in [6.07, 6.45) is 0.155. The Morgan fingerprint density at radius 3 is 3.08 bits per heavy atom. The summed E-state index contributed by atoms with van der Waals surface area (Å²) < 4.78 is 5.12. The Balaban J connectivity index is 2.40. The molecule has 1 unspecified atom stereocenters. The van der Waals surface area contributed by atoms with Crippen LogP contribution in [0.4, 0.5) is 4.79 Å². The van der Waals surface area contributed by atoms with Crippen LogP contribution in [0.25, 0.3) is 0 Å². The predicted octanol–water partition coefficient (Wildman–Crippen LogP) is 0.302. The van der Waals surface area contributed by atoms with Crippen molar-refractivity contribution < 1.29 is 19.4 Å². The lowest BCUT2D eigenvalue weighted by atomic mass is 10.3. The Kier molecular flexibility index (Phi) is 3.04. The van der Waals surface area contributed by atoms with E-state index in [1.807, 2.05) is 0 Å². The maximum absolute atomic E-state index is 10.5. The zero-order valence-electron chi connectivity index (χ0n) is 6.60. The van der Waals surface area contributed by atoms with Crippen LogP contribution in [0.3, 0.4) is 0 Å². The maximum Gasteiger partial charge on any atom is 0.409 e. The van der Waals surface area contributed by atoms with E-state index in [1.165, 1.54) is 4.90 Å². The molecular weight excluding hydrogens is 162 g/mol. The summed E-state index contributed by atoms with van der Waals surface area (Å²) in [4.78, 5) is 21.8. The molecule has 1 N–H and O–H groups in total. The summed E-state index contributed by atoms with van der Waals surface area (Å²) >= 11 is 0. The highest BCUT2D eigenvalue weighted by molar-refractivity contribution is 5.65. The van der Waals surface area contributed by atoms with Gasteiger partial charge in [0.2, 0.25) is 0 Å². The highest BCUT2D eigenvalue weighted by Crippen LogP contribution is 2.14. The van der Waals surface area contributed by atoms with E-state index in [2.05, 4.69) is 0 Å². The molecule has 5 heteroatoms. The monoisotopic (exact) mass is 173 g/mol. The van der Waals surface area contributed by atoms with Crippen molar-refractivity contribution in [2.75, 3.05) is 13.2 Å². The molecule has 0 bridgehead atoms. The fourth-order valence-electron chi connectivity index (χ4n) is 1.19. The first-order valence-corrected chi connectivity index (χ1v) is 3.80. The first-order valence-electron chi connectivity index (χ1n) is 3.80. The van der Waals surface area contributed by atoms with Gasteiger partial charge in [-0.1, -0.05) is 0 Å². The van der Waals surface area contributed by atoms with Crippen LogP contribution >= 0.6 is 0 Å². The number of nitrogens with zero attached hydrogens (tertiary/aromatic N) is 1. The van der Waals surface area contributed by atoms with E-state index in [-0.39, 0.29) is 0 Å². The van der Waals surface area contributed by atoms with Gasteiger partial charge in [0.1, 0.15) is 12.5 Å². The van der Waals surface area contributed by atoms with E-state index in [1.54, 1.807) is 0 Å². The van der Waals surface area contributed by atoms with Crippen LogP contribution in [-0.2, 0) is 9.53 Å². The number of carbonyl (C=O) groups is 2. The standard InChI is InChI=1S/C7H11NO4/c9-4-1-2-6-8(7(10)11)3-5-12-6/h4,6H,1-3,5H2,(H,10,11). The molecule has 1 fully saturated rings. The van der Waals surface area contributed by atoms with Gasteiger partial charge >= 0.3 is 6.09 Å². The molecule has 0 radical (unpaired) electrons. The Morgan fingerprint density at radius 2 is 2.50 bits per heavy atom. The molecule has 1 amide bonds. The molecule has 1 aliphatic heterocycles. The molecule has 68 valence electrons. The van der Waals surface area contributed by atoms with Crippen LogP contribution in [0.15, 0.2) is 0 Å². The second-order valence-electron chi connectivity index (χ2n) is 2.55. The average molecular weight is 173 g/mol. The zero-order valence-corrected chi connectivity index (χ0v) is 6.60. The molecule has 1 atom stereocenters. The molecule has 1 rings (SSSR count). The highest BCUT2D eigenvalue weighted by atomic mass is 16.5. The van der Waals surface area contributed by atoms with Gasteiger partial charge in [0.05, 0.1) is 13.2 Å². The van der Waals surface area contributed by atoms with Gasteiger partial charge in [-0.2, -0.15) is 0 Å². The molecule has 0 aromatic rings. The number of hydrogen-bond acceptors (Lipinski definition) is 3. The summed E-state index contributed by atoms with van der Waals surface area (Å²) in [6.45, 7) is 0.828. The van der Waals surface area contributed by atoms with Crippen LogP contribution in [0, 0.1) is 0 Å². The Hall–Kier alpha value is -1.10. The fraction of sp³-hybridized carbons (Fsp3) is 0.714. The summed E-state index contributed by atoms with van der Waals surface area (Å²) in [5.41, 5.74) is 0. The molecule has 0 aliphatic carbocycles. The van der Waals surface area contributed by atoms with Crippen LogP contribution in [-0.4, -0.2) is 41.8 Å². The number of rotatable bonds is 3. The number of carbonyl (C=O) groups excluding carboxylic acids is 1. The van der Waals surface area contributed by atoms with Crippen molar-refractivity contribution >= 4 is 12.4 Å². The first kappa shape index (κ1) is 8.99. The second-order valence-corrected chi connectivity index (χ2v) is 2.55. The Labute approximate surface area is 69.9 Å². The lowest BCUT2D eigenvalue weighted by Gasteiger charge is -2.18. The van der Waals surface area contributed by atoms with Gasteiger partial charge in [-0.25, -0.2) is 4.79 Å². The first-order chi connectivity index (χ1) is 5.75. The van der Waals surface area contributed by atoms with E-state index < -0.39 is 12.3 Å². The molecule has 5 nitrogen and oxygen atoms in total. The number of ether oxygens (including phenoxy) is 1. The lowest BCUT2D eigenvalue weighted by Crippen LogP contribution is -2.34. The van der Waals surface area contributed by atoms with Gasteiger partial charge in [-0.15, -0.1) is 0 Å². The number of aldehydes is 1. The van der Waals surface area contributed by atoms with Gasteiger partial charge in [-0.3, -0.25) is 4.90 Å². The predicted molar refractivity (Wildman–Crippen MR) is 39.8 cm³/mol. The Morgan fingerprint density at radius 1 is 1.75 bits per heavy atom. The smallest absolute Gasteiger partial charge is 0.409 e. The Bertz CT molecular complexity index is 182. The highest BCUT2D eigenvalue weighted by Gasteiger charge is 2.28. The summed E-state index contributed by atoms with van der Waals surface area (Å²) in [6, 6.07) is 0. The van der Waals surface area contributed by atoms with Crippen molar-refractivity contribution in [3.05, 3.63) is 0 Å². The second kappa shape index (κ2) is 4.06. The van der Waals surface area contributed by atoms with Crippen molar-refractivity contribution in [1.29, 1.82) is 0 Å². The van der Waals surface area contributed by atoms with E-state index in [0.29, 0.717) is 26.0 Å².